The molecule has 2 unspecified atom stereocenters. The minimum absolute atomic E-state index is 0.0878. The summed E-state index contributed by atoms with van der Waals surface area (Å²) in [5, 5.41) is 88.4. The van der Waals surface area contributed by atoms with Gasteiger partial charge in [0.25, 0.3) is 0 Å². The van der Waals surface area contributed by atoms with Crippen LogP contribution >= 0.6 is 0 Å². The number of likely N-dealkylation sites (N-methyl/N-ethyl adjacent to an activating group) is 1. The number of β-amino-alcohol motifs (C(OH)–C–C–N with tert-alkyl or cyclic N) is 1. The monoisotopic (exact) mass is 975 g/mol. The molecular weight excluding hydrogens is 915 g/mol. The van der Waals surface area contributed by atoms with Gasteiger partial charge in [-0.2, -0.15) is 8.42 Å². The molecular formula is C39H61N9O18S. The third kappa shape index (κ3) is 14.6. The summed E-state index contributed by atoms with van der Waals surface area (Å²) in [6, 6.07) is -8.33. The molecule has 3 fully saturated rings. The molecule has 7 amide bonds. The van der Waals surface area contributed by atoms with Gasteiger partial charge in [-0.1, -0.05) is 13.0 Å². The van der Waals surface area contributed by atoms with Crippen LogP contribution in [0.25, 0.3) is 0 Å². The molecule has 67 heavy (non-hydrogen) atoms. The van der Waals surface area contributed by atoms with Gasteiger partial charge in [0.15, 0.2) is 11.5 Å². The second kappa shape index (κ2) is 23.1. The number of carbonyl (C=O) groups is 7. The average Bonchev–Trinajstić information content (AvgIpc) is 3.77. The Morgan fingerprint density at radius 3 is 2.13 bits per heavy atom. The molecule has 4 rings (SSSR count). The lowest BCUT2D eigenvalue weighted by Gasteiger charge is -2.34. The fourth-order valence-corrected chi connectivity index (χ4v) is 8.21. The molecule has 3 aliphatic heterocycles. The number of aromatic hydroxyl groups is 1. The Morgan fingerprint density at radius 2 is 1.51 bits per heavy atom. The van der Waals surface area contributed by atoms with E-state index in [1.807, 2.05) is 0 Å². The summed E-state index contributed by atoms with van der Waals surface area (Å²) in [4.78, 5) is 101. The van der Waals surface area contributed by atoms with Gasteiger partial charge in [-0.3, -0.25) is 38.1 Å². The number of phenols is 1. The van der Waals surface area contributed by atoms with Crippen LogP contribution in [0.3, 0.4) is 0 Å². The number of phenolic OH excluding ortho intramolecular Hbond substituents is 1. The SMILES string of the molecule is C[C@@H](O)C1NC(=O)C(N)C[C@@H](O)CNC(=O)[C@@H]2[C@@H](O)[C@@H](C)CN2C(=O)[C@H]([C@H](O)CC(=O)NCCN(C)C)NC(=O)[C@H]([C@H](O)Cc2ccc(O)c(OS(=O)(=O)O)c2)NC(=O)[C@@H]2C[C@@H](O)CN2C1=O. The molecule has 3 saturated heterocycles. The molecule has 3 heterocycles. The Hall–Kier alpha value is -5.30. The minimum atomic E-state index is -5.20. The average molecular weight is 976 g/mol. The van der Waals surface area contributed by atoms with E-state index in [0.29, 0.717) is 6.54 Å². The quantitative estimate of drug-likeness (QED) is 0.0865. The molecule has 0 radical (unpaired) electrons. The Morgan fingerprint density at radius 1 is 0.881 bits per heavy atom. The fraction of sp³-hybridized carbons (Fsp3) is 0.667. The first kappa shape index (κ1) is 54.3. The van der Waals surface area contributed by atoms with E-state index >= 15 is 0 Å². The topological polar surface area (TPSA) is 421 Å². The maximum atomic E-state index is 14.6. The predicted molar refractivity (Wildman–Crippen MR) is 228 cm³/mol. The van der Waals surface area contributed by atoms with Crippen LogP contribution in [0.5, 0.6) is 11.5 Å². The third-order valence-corrected chi connectivity index (χ3v) is 11.8. The zero-order valence-corrected chi connectivity index (χ0v) is 37.9. The highest BCUT2D eigenvalue weighted by Gasteiger charge is 2.50. The number of hydrogen-bond donors (Lipinski definition) is 14. The van der Waals surface area contributed by atoms with Crippen molar-refractivity contribution in [1.82, 2.24) is 41.3 Å². The van der Waals surface area contributed by atoms with Crippen LogP contribution in [-0.4, -0.2) is 224 Å². The summed E-state index contributed by atoms with van der Waals surface area (Å²) in [6.45, 7) is 1.53. The van der Waals surface area contributed by atoms with E-state index in [-0.39, 0.29) is 18.7 Å². The van der Waals surface area contributed by atoms with Crippen molar-refractivity contribution in [2.24, 2.45) is 11.7 Å². The zero-order chi connectivity index (χ0) is 50.2. The van der Waals surface area contributed by atoms with Crippen molar-refractivity contribution < 1.29 is 86.5 Å². The number of rotatable bonds is 12. The van der Waals surface area contributed by atoms with E-state index in [1.54, 1.807) is 19.0 Å². The number of carbonyl (C=O) groups excluding carboxylic acids is 7. The van der Waals surface area contributed by atoms with Gasteiger partial charge < -0.3 is 86.9 Å². The van der Waals surface area contributed by atoms with Gasteiger partial charge >= 0.3 is 10.4 Å². The van der Waals surface area contributed by atoms with E-state index in [2.05, 4.69) is 30.8 Å². The number of nitrogens with zero attached hydrogens (tertiary/aromatic N) is 3. The van der Waals surface area contributed by atoms with Gasteiger partial charge in [0, 0.05) is 51.5 Å². The number of hydrogen-bond acceptors (Lipinski definition) is 19. The first-order chi connectivity index (χ1) is 31.2. The van der Waals surface area contributed by atoms with Crippen LogP contribution in [0.2, 0.25) is 0 Å². The lowest BCUT2D eigenvalue weighted by molar-refractivity contribution is -0.147. The highest BCUT2D eigenvalue weighted by molar-refractivity contribution is 7.81. The van der Waals surface area contributed by atoms with Crippen molar-refractivity contribution in [2.45, 2.75) is 112 Å². The number of nitrogens with one attached hydrogen (secondary N) is 5. The number of benzene rings is 1. The molecule has 28 heteroatoms. The van der Waals surface area contributed by atoms with Gasteiger partial charge in [0.1, 0.15) is 30.2 Å². The Balaban J connectivity index is 1.84. The van der Waals surface area contributed by atoms with E-state index in [0.717, 1.165) is 34.9 Å². The second-order valence-electron chi connectivity index (χ2n) is 17.2. The predicted octanol–water partition coefficient (Wildman–Crippen LogP) is -7.88. The normalized spacial score (nSPS) is 29.9. The molecule has 0 saturated carbocycles. The van der Waals surface area contributed by atoms with Gasteiger partial charge in [-0.25, -0.2) is 0 Å². The minimum Gasteiger partial charge on any atom is -0.504 e. The smallest absolute Gasteiger partial charge is 0.446 e. The summed E-state index contributed by atoms with van der Waals surface area (Å²) < 4.78 is 36.5. The second-order valence-corrected chi connectivity index (χ2v) is 18.3. The molecule has 15 N–H and O–H groups in total. The van der Waals surface area contributed by atoms with E-state index < -0.39 is 181 Å². The lowest BCUT2D eigenvalue weighted by atomic mass is 9.98. The maximum absolute atomic E-state index is 14.6. The first-order valence-corrected chi connectivity index (χ1v) is 22.6. The van der Waals surface area contributed by atoms with Crippen LogP contribution < -0.4 is 36.5 Å². The summed E-state index contributed by atoms with van der Waals surface area (Å²) >= 11 is 0. The van der Waals surface area contributed by atoms with Gasteiger partial charge in [0.2, 0.25) is 41.4 Å². The molecule has 3 aliphatic rings. The van der Waals surface area contributed by atoms with Gasteiger partial charge in [0.05, 0.1) is 49.1 Å². The maximum Gasteiger partial charge on any atom is 0.446 e. The van der Waals surface area contributed by atoms with Crippen LogP contribution in [0.1, 0.15) is 38.7 Å². The van der Waals surface area contributed by atoms with Crippen LogP contribution in [0, 0.1) is 5.92 Å². The Bertz CT molecular complexity index is 2100. The largest absolute Gasteiger partial charge is 0.504 e. The number of fused-ring (bicyclic) bond motifs is 2. The van der Waals surface area contributed by atoms with Crippen molar-refractivity contribution >= 4 is 51.7 Å². The van der Waals surface area contributed by atoms with Crippen LogP contribution in [0.15, 0.2) is 18.2 Å². The Kier molecular flexibility index (Phi) is 18.8. The number of aliphatic hydroxyl groups excluding tert-OH is 6. The summed E-state index contributed by atoms with van der Waals surface area (Å²) in [7, 11) is -1.75. The van der Waals surface area contributed by atoms with E-state index in [4.69, 9.17) is 5.73 Å². The van der Waals surface area contributed by atoms with Crippen molar-refractivity contribution in [3.05, 3.63) is 23.8 Å². The molecule has 376 valence electrons. The molecule has 13 atom stereocenters. The summed E-state index contributed by atoms with van der Waals surface area (Å²) in [6.07, 6.45) is -13.0. The first-order valence-electron chi connectivity index (χ1n) is 21.2. The third-order valence-electron chi connectivity index (χ3n) is 11.4. The zero-order valence-electron chi connectivity index (χ0n) is 37.1. The summed E-state index contributed by atoms with van der Waals surface area (Å²) in [5.74, 6) is -10.4. The lowest BCUT2D eigenvalue weighted by Crippen LogP contribution is -2.64. The molecule has 0 bridgehead atoms. The van der Waals surface area contributed by atoms with Crippen molar-refractivity contribution in [3.8, 4) is 11.5 Å². The van der Waals surface area contributed by atoms with Crippen molar-refractivity contribution in [2.75, 3.05) is 46.8 Å². The highest BCUT2D eigenvalue weighted by Crippen LogP contribution is 2.30. The Labute approximate surface area is 384 Å². The van der Waals surface area contributed by atoms with Gasteiger partial charge in [-0.05, 0) is 45.1 Å². The summed E-state index contributed by atoms with van der Waals surface area (Å²) in [5.41, 5.74) is 5.92. The van der Waals surface area contributed by atoms with Crippen molar-refractivity contribution in [1.29, 1.82) is 0 Å². The molecule has 1 aromatic rings. The molecule has 0 aromatic heterocycles. The van der Waals surface area contributed by atoms with E-state index in [1.165, 1.54) is 6.92 Å². The highest BCUT2D eigenvalue weighted by atomic mass is 32.3. The number of nitrogens with two attached hydrogens (primary N) is 1. The molecule has 27 nitrogen and oxygen atoms in total. The molecule has 0 spiro atoms. The van der Waals surface area contributed by atoms with Crippen LogP contribution in [0.4, 0.5) is 0 Å². The van der Waals surface area contributed by atoms with Crippen molar-refractivity contribution in [3.63, 3.8) is 0 Å². The number of aliphatic hydroxyl groups is 6. The molecule has 0 aliphatic carbocycles. The van der Waals surface area contributed by atoms with E-state index in [9.17, 15) is 82.3 Å². The van der Waals surface area contributed by atoms with Gasteiger partial charge in [-0.15, -0.1) is 0 Å². The van der Waals surface area contributed by atoms with Crippen LogP contribution in [-0.2, 0) is 50.4 Å². The number of amides is 7. The standard InChI is InChI=1S/C39H61N9O18S/c1-17-15-48-32(33(17)56)37(60)42-14-20(50)11-22(40)34(57)43-29(18(2)49)38(61)47-16-21(51)12-23(47)35(58)44-30(25(53)9-19-5-6-24(52)27(10-19)66-67(63,64)65)36(59)45-31(39(48)62)26(54)13-28(55)41-7-8-46(3)4/h5-6,10,17-18,20-23,25-26,29-33,49-54,56H,7-9,11-16,40H2,1-4H3,(H,41,55)(H,42,60)(H,43,57)(H,44,58)(H,45,59)(H,63,64,65)/t17-,18+,20+,21+,22?,23-,25+,26+,29?,30-,31-,32-,33-/m0/s1. The fourth-order valence-electron chi connectivity index (χ4n) is 7.85. The molecule has 1 aromatic carbocycles.